The summed E-state index contributed by atoms with van der Waals surface area (Å²) in [7, 11) is 1.69. The molecule has 1 atom stereocenters. The van der Waals surface area contributed by atoms with Gasteiger partial charge < -0.3 is 15.0 Å². The minimum absolute atomic E-state index is 0.0810. The van der Waals surface area contributed by atoms with Gasteiger partial charge in [0.15, 0.2) is 0 Å². The van der Waals surface area contributed by atoms with Crippen LogP contribution in [0.5, 0.6) is 5.75 Å². The highest BCUT2D eigenvalue weighted by molar-refractivity contribution is 5.74. The molecule has 2 rings (SSSR count). The van der Waals surface area contributed by atoms with Crippen LogP contribution in [0.2, 0.25) is 0 Å². The molecule has 0 radical (unpaired) electrons. The first-order chi connectivity index (χ1) is 10.7. The van der Waals surface area contributed by atoms with Gasteiger partial charge in [0.2, 0.25) is 0 Å². The highest BCUT2D eigenvalue weighted by Crippen LogP contribution is 2.29. The third-order valence-electron chi connectivity index (χ3n) is 4.08. The average molecular weight is 301 g/mol. The van der Waals surface area contributed by atoms with Crippen LogP contribution < -0.4 is 10.1 Å². The number of nitrogens with zero attached hydrogens (tertiary/aromatic N) is 2. The van der Waals surface area contributed by atoms with Gasteiger partial charge in [-0.3, -0.25) is 4.90 Å². The maximum Gasteiger partial charge on any atom is 0.318 e. The summed E-state index contributed by atoms with van der Waals surface area (Å²) in [5, 5.41) is 2.71. The summed E-state index contributed by atoms with van der Waals surface area (Å²) in [4.78, 5) is 16.1. The molecule has 5 nitrogen and oxygen atoms in total. The second-order valence-electron chi connectivity index (χ2n) is 5.30. The van der Waals surface area contributed by atoms with Crippen LogP contribution in [0, 0.1) is 12.3 Å². The van der Waals surface area contributed by atoms with Crippen LogP contribution in [0.4, 0.5) is 4.79 Å². The highest BCUT2D eigenvalue weighted by atomic mass is 16.5. The average Bonchev–Trinajstić information content (AvgIpc) is 2.59. The second-order valence-corrected chi connectivity index (χ2v) is 5.30. The van der Waals surface area contributed by atoms with Crippen LogP contribution in [0.3, 0.4) is 0 Å². The smallest absolute Gasteiger partial charge is 0.318 e. The molecule has 1 aromatic rings. The number of carbonyl (C=O) groups excluding carboxylic acids is 1. The summed E-state index contributed by atoms with van der Waals surface area (Å²) in [6.45, 7) is 5.53. The summed E-state index contributed by atoms with van der Waals surface area (Å²) < 4.78 is 5.44. The lowest BCUT2D eigenvalue weighted by atomic mass is 10.0. The van der Waals surface area contributed by atoms with Gasteiger partial charge in [0.1, 0.15) is 5.75 Å². The Balaban J connectivity index is 1.94. The van der Waals surface area contributed by atoms with E-state index in [9.17, 15) is 4.79 Å². The topological polar surface area (TPSA) is 44.8 Å². The van der Waals surface area contributed by atoms with Crippen LogP contribution in [-0.2, 0) is 0 Å². The van der Waals surface area contributed by atoms with Crippen molar-refractivity contribution in [3.8, 4) is 18.1 Å². The molecular formula is C17H23N3O2. The lowest BCUT2D eigenvalue weighted by Crippen LogP contribution is -2.52. The number of hydrogen-bond donors (Lipinski definition) is 1. The highest BCUT2D eigenvalue weighted by Gasteiger charge is 2.25. The van der Waals surface area contributed by atoms with Gasteiger partial charge in [-0.1, -0.05) is 24.1 Å². The molecule has 1 fully saturated rings. The lowest BCUT2D eigenvalue weighted by Gasteiger charge is -2.38. The molecular weight excluding hydrogens is 278 g/mol. The number of benzene rings is 1. The molecule has 1 saturated heterocycles. The number of terminal acetylenes is 1. The van der Waals surface area contributed by atoms with E-state index in [1.165, 1.54) is 5.56 Å². The molecule has 0 spiro atoms. The summed E-state index contributed by atoms with van der Waals surface area (Å²) in [6, 6.07) is 8.25. The number of para-hydroxylation sites is 1. The largest absolute Gasteiger partial charge is 0.496 e. The van der Waals surface area contributed by atoms with Gasteiger partial charge in [-0.05, 0) is 13.0 Å². The zero-order chi connectivity index (χ0) is 15.9. The van der Waals surface area contributed by atoms with Crippen LogP contribution in [0.25, 0.3) is 0 Å². The molecule has 118 valence electrons. The van der Waals surface area contributed by atoms with Gasteiger partial charge in [0.05, 0.1) is 13.7 Å². The molecule has 22 heavy (non-hydrogen) atoms. The molecule has 2 amide bonds. The number of carbonyl (C=O) groups is 1. The number of hydrogen-bond acceptors (Lipinski definition) is 3. The van der Waals surface area contributed by atoms with E-state index in [-0.39, 0.29) is 18.6 Å². The van der Waals surface area contributed by atoms with Crippen molar-refractivity contribution in [3.05, 3.63) is 29.8 Å². The molecule has 0 unspecified atom stereocenters. The standard InChI is InChI=1S/C17H23N3O2/c1-4-9-18-17(21)20-12-10-19(11-13-20)14(2)15-7-5-6-8-16(15)22-3/h1,5-8,14H,9-13H2,2-3H3,(H,18,21)/t14-/m1/s1. The van der Waals surface area contributed by atoms with Gasteiger partial charge in [0, 0.05) is 37.8 Å². The Labute approximate surface area is 132 Å². The van der Waals surface area contributed by atoms with E-state index < -0.39 is 0 Å². The van der Waals surface area contributed by atoms with E-state index >= 15 is 0 Å². The monoisotopic (exact) mass is 301 g/mol. The van der Waals surface area contributed by atoms with Crippen molar-refractivity contribution in [3.63, 3.8) is 0 Å². The zero-order valence-electron chi connectivity index (χ0n) is 13.2. The van der Waals surface area contributed by atoms with Crippen LogP contribution >= 0.6 is 0 Å². The van der Waals surface area contributed by atoms with Crippen LogP contribution in [-0.4, -0.2) is 55.7 Å². The molecule has 1 N–H and O–H groups in total. The third-order valence-corrected chi connectivity index (χ3v) is 4.08. The van der Waals surface area contributed by atoms with Crippen molar-refractivity contribution in [1.29, 1.82) is 0 Å². The predicted molar refractivity (Wildman–Crippen MR) is 86.8 cm³/mol. The number of amides is 2. The van der Waals surface area contributed by atoms with Gasteiger partial charge in [-0.2, -0.15) is 0 Å². The van der Waals surface area contributed by atoms with Crippen molar-refractivity contribution < 1.29 is 9.53 Å². The first-order valence-corrected chi connectivity index (χ1v) is 7.50. The Kier molecular flexibility index (Phi) is 5.68. The fourth-order valence-electron chi connectivity index (χ4n) is 2.76. The van der Waals surface area contributed by atoms with Gasteiger partial charge in [-0.15, -0.1) is 6.42 Å². The van der Waals surface area contributed by atoms with E-state index in [1.807, 2.05) is 23.1 Å². The van der Waals surface area contributed by atoms with Crippen molar-refractivity contribution in [2.45, 2.75) is 13.0 Å². The summed E-state index contributed by atoms with van der Waals surface area (Å²) in [6.07, 6.45) is 5.16. The lowest BCUT2D eigenvalue weighted by molar-refractivity contribution is 0.113. The van der Waals surface area contributed by atoms with E-state index in [2.05, 4.69) is 29.1 Å². The Morgan fingerprint density at radius 1 is 1.36 bits per heavy atom. The van der Waals surface area contributed by atoms with E-state index in [0.29, 0.717) is 13.1 Å². The number of urea groups is 1. The maximum atomic E-state index is 11.9. The van der Waals surface area contributed by atoms with Crippen molar-refractivity contribution in [1.82, 2.24) is 15.1 Å². The summed E-state index contributed by atoms with van der Waals surface area (Å²) in [5.74, 6) is 3.32. The SMILES string of the molecule is C#CCNC(=O)N1CCN([C@H](C)c2ccccc2OC)CC1. The van der Waals surface area contributed by atoms with Crippen LogP contribution in [0.15, 0.2) is 24.3 Å². The molecule has 1 aliphatic heterocycles. The first kappa shape index (κ1) is 16.2. The fraction of sp³-hybridized carbons (Fsp3) is 0.471. The Bertz CT molecular complexity index is 545. The minimum atomic E-state index is -0.0810. The Hall–Kier alpha value is -2.19. The molecule has 0 bridgehead atoms. The third kappa shape index (κ3) is 3.71. The summed E-state index contributed by atoms with van der Waals surface area (Å²) >= 11 is 0. The van der Waals surface area contributed by atoms with Crippen molar-refractivity contribution in [2.24, 2.45) is 0 Å². The first-order valence-electron chi connectivity index (χ1n) is 7.50. The van der Waals surface area contributed by atoms with E-state index in [4.69, 9.17) is 11.2 Å². The summed E-state index contributed by atoms with van der Waals surface area (Å²) in [5.41, 5.74) is 1.18. The van der Waals surface area contributed by atoms with Crippen molar-refractivity contribution in [2.75, 3.05) is 39.8 Å². The minimum Gasteiger partial charge on any atom is -0.496 e. The van der Waals surface area contributed by atoms with Crippen LogP contribution in [0.1, 0.15) is 18.5 Å². The molecule has 0 aromatic heterocycles. The Morgan fingerprint density at radius 3 is 2.68 bits per heavy atom. The number of methoxy groups -OCH3 is 1. The molecule has 1 heterocycles. The second kappa shape index (κ2) is 7.71. The molecule has 0 aliphatic carbocycles. The number of ether oxygens (including phenoxy) is 1. The molecule has 1 aliphatic rings. The van der Waals surface area contributed by atoms with E-state index in [0.717, 1.165) is 18.8 Å². The number of rotatable bonds is 4. The Morgan fingerprint density at radius 2 is 2.05 bits per heavy atom. The van der Waals surface area contributed by atoms with Gasteiger partial charge in [-0.25, -0.2) is 4.79 Å². The maximum absolute atomic E-state index is 11.9. The van der Waals surface area contributed by atoms with Gasteiger partial charge in [0.25, 0.3) is 0 Å². The molecule has 0 saturated carbocycles. The number of piperazine rings is 1. The predicted octanol–water partition coefficient (Wildman–Crippen LogP) is 1.72. The molecule has 5 heteroatoms. The fourth-order valence-corrected chi connectivity index (χ4v) is 2.76. The van der Waals surface area contributed by atoms with Gasteiger partial charge >= 0.3 is 6.03 Å². The van der Waals surface area contributed by atoms with E-state index in [1.54, 1.807) is 7.11 Å². The molecule has 1 aromatic carbocycles. The number of nitrogens with one attached hydrogen (secondary N) is 1. The quantitative estimate of drug-likeness (QED) is 0.861. The normalized spacial score (nSPS) is 16.7. The van der Waals surface area contributed by atoms with Crippen molar-refractivity contribution >= 4 is 6.03 Å². The zero-order valence-corrected chi connectivity index (χ0v) is 13.2.